The number of carbonyl (C=O) groups excluding carboxylic acids is 2. The van der Waals surface area contributed by atoms with Crippen LogP contribution in [0.1, 0.15) is 125 Å². The Bertz CT molecular complexity index is 1130. The van der Waals surface area contributed by atoms with Crippen LogP contribution in [0, 0.1) is 16.7 Å². The van der Waals surface area contributed by atoms with Crippen LogP contribution in [0.4, 0.5) is 0 Å². The number of nitrogens with zero attached hydrogens (tertiary/aromatic N) is 2. The van der Waals surface area contributed by atoms with Gasteiger partial charge in [-0.2, -0.15) is 0 Å². The molecule has 1 aromatic rings. The number of carbonyl (C=O) groups is 2. The maximum Gasteiger partial charge on any atom is 0.518 e. The number of phenols is 1. The second-order valence-corrected chi connectivity index (χ2v) is 15.4. The van der Waals surface area contributed by atoms with Crippen LogP contribution in [0.15, 0.2) is 35.1 Å². The van der Waals surface area contributed by atoms with Crippen LogP contribution >= 0.6 is 0 Å². The summed E-state index contributed by atoms with van der Waals surface area (Å²) in [6.07, 6.45) is 4.14. The van der Waals surface area contributed by atoms with E-state index in [1.165, 1.54) is 0 Å². The molecular weight excluding hydrogens is 500 g/mol. The van der Waals surface area contributed by atoms with Crippen molar-refractivity contribution in [2.24, 2.45) is 16.7 Å². The number of allylic oxidation sites excluding steroid dienone is 3. The van der Waals surface area contributed by atoms with Gasteiger partial charge in [-0.25, -0.2) is 9.59 Å². The highest BCUT2D eigenvalue weighted by Crippen LogP contribution is 2.45. The number of aryl methyl sites for hydroxylation is 1. The van der Waals surface area contributed by atoms with E-state index in [1.54, 1.807) is 0 Å². The third-order valence-electron chi connectivity index (χ3n) is 7.54. The van der Waals surface area contributed by atoms with Crippen molar-refractivity contribution in [3.63, 3.8) is 0 Å². The fourth-order valence-corrected chi connectivity index (χ4v) is 5.10. The van der Waals surface area contributed by atoms with Crippen molar-refractivity contribution < 1.29 is 19.8 Å². The molecule has 1 aromatic carbocycles. The Balaban J connectivity index is 1.98. The minimum Gasteiger partial charge on any atom is -0.508 e. The molecule has 1 atom stereocenters. The summed E-state index contributed by atoms with van der Waals surface area (Å²) < 4.78 is 0. The molecule has 1 aliphatic rings. The van der Waals surface area contributed by atoms with Gasteiger partial charge in [-0.1, -0.05) is 101 Å². The number of amides is 2. The number of hydrogen-bond donors (Lipinski definition) is 2. The van der Waals surface area contributed by atoms with Crippen LogP contribution in [0.25, 0.3) is 0 Å². The summed E-state index contributed by atoms with van der Waals surface area (Å²) in [5.41, 5.74) is 11.1. The molecule has 0 heterocycles. The molecule has 0 aromatic heterocycles. The van der Waals surface area contributed by atoms with Crippen LogP contribution in [0.2, 0.25) is 0 Å². The lowest BCUT2D eigenvalue weighted by molar-refractivity contribution is -0.129. The van der Waals surface area contributed by atoms with E-state index >= 15 is 0 Å². The average molecular weight is 553 g/mol. The minimum atomic E-state index is -0.438. The summed E-state index contributed by atoms with van der Waals surface area (Å²) >= 11 is 0. The van der Waals surface area contributed by atoms with Gasteiger partial charge in [-0.05, 0) is 74.7 Å². The van der Waals surface area contributed by atoms with Gasteiger partial charge in [-0.3, -0.25) is 0 Å². The lowest BCUT2D eigenvalue weighted by Gasteiger charge is -2.35. The number of phenolic OH excluding ortho intramolecular Hbond substituents is 1. The highest BCUT2D eigenvalue weighted by molar-refractivity contribution is 5.81. The van der Waals surface area contributed by atoms with Crippen LogP contribution in [0.3, 0.4) is 0 Å². The minimum absolute atomic E-state index is 0.109. The van der Waals surface area contributed by atoms with Crippen molar-refractivity contribution in [3.8, 4) is 5.75 Å². The zero-order valence-corrected chi connectivity index (χ0v) is 27.0. The summed E-state index contributed by atoms with van der Waals surface area (Å²) in [4.78, 5) is 25.0. The van der Waals surface area contributed by atoms with Gasteiger partial charge in [0.2, 0.25) is 0 Å². The van der Waals surface area contributed by atoms with Crippen LogP contribution < -0.4 is 10.9 Å². The fourth-order valence-electron chi connectivity index (χ4n) is 5.10. The highest BCUT2D eigenvalue weighted by Gasteiger charge is 2.42. The van der Waals surface area contributed by atoms with Gasteiger partial charge in [0.05, 0.1) is 12.8 Å². The second kappa shape index (κ2) is 12.2. The molecule has 0 fully saturated rings. The van der Waals surface area contributed by atoms with Crippen molar-refractivity contribution in [3.05, 3.63) is 51.8 Å². The molecule has 4 radical (unpaired) electrons. The monoisotopic (exact) mass is 552 g/mol. The summed E-state index contributed by atoms with van der Waals surface area (Å²) in [6.45, 7) is 24.8. The number of hydrogen-bond acceptors (Lipinski definition) is 4. The molecule has 6 heteroatoms. The van der Waals surface area contributed by atoms with Crippen LogP contribution in [-0.4, -0.2) is 22.0 Å². The van der Waals surface area contributed by atoms with Gasteiger partial charge in [0.1, 0.15) is 11.5 Å². The molecule has 0 aliphatic heterocycles. The van der Waals surface area contributed by atoms with Gasteiger partial charge in [0, 0.05) is 0 Å². The largest absolute Gasteiger partial charge is 0.518 e. The predicted molar refractivity (Wildman–Crippen MR) is 162 cm³/mol. The lowest BCUT2D eigenvalue weighted by Crippen LogP contribution is -2.30. The zero-order chi connectivity index (χ0) is 30.8. The first-order chi connectivity index (χ1) is 18.0. The maximum absolute atomic E-state index is 12.5. The molecule has 0 spiro atoms. The highest BCUT2D eigenvalue weighted by atomic mass is 16.3. The first kappa shape index (κ1) is 33.8. The first-order valence-corrected chi connectivity index (χ1v) is 14.5. The maximum atomic E-state index is 12.5. The van der Waals surface area contributed by atoms with Crippen molar-refractivity contribution >= 4 is 11.8 Å². The number of rotatable bonds is 6. The summed E-state index contributed by atoms with van der Waals surface area (Å²) in [5.74, 6) is -0.0529. The van der Waals surface area contributed by atoms with E-state index in [4.69, 9.17) is 0 Å². The summed E-state index contributed by atoms with van der Waals surface area (Å²) in [7, 11) is 0. The van der Waals surface area contributed by atoms with Gasteiger partial charge < -0.3 is 10.2 Å². The lowest BCUT2D eigenvalue weighted by atomic mass is 9.70. The summed E-state index contributed by atoms with van der Waals surface area (Å²) in [6, 6.07) is 3.92. The van der Waals surface area contributed by atoms with Gasteiger partial charge in [0.15, 0.2) is 0 Å². The average Bonchev–Trinajstić information content (AvgIpc) is 2.78. The van der Waals surface area contributed by atoms with E-state index in [0.717, 1.165) is 27.8 Å². The van der Waals surface area contributed by atoms with E-state index < -0.39 is 11.8 Å². The van der Waals surface area contributed by atoms with Crippen molar-refractivity contribution in [2.45, 2.75) is 126 Å². The molecule has 2 rings (SSSR count). The smallest absolute Gasteiger partial charge is 0.508 e. The summed E-state index contributed by atoms with van der Waals surface area (Å²) in [5, 5.41) is 21.9. The number of aromatic hydroxyl groups is 1. The molecule has 2 N–H and O–H groups in total. The van der Waals surface area contributed by atoms with Crippen molar-refractivity contribution in [1.29, 1.82) is 0 Å². The normalized spacial score (nSPS) is 17.2. The SMILES string of the molecule is CC(C)(C)C1=CC(CCC(=O)[N+][N+]C(=O)CCc2cc(C(C)(C)C)c(O)c(C(C)(C)C)c2)CC(C(C)(C)C)=C1O. The molecule has 40 heavy (non-hydrogen) atoms. The fraction of sp³-hybridized carbons (Fsp3) is 0.647. The molecule has 2 amide bonds. The Morgan fingerprint density at radius 3 is 1.65 bits per heavy atom. The third kappa shape index (κ3) is 9.04. The Hall–Kier alpha value is -2.44. The molecular formula is C34H52N2O4+2. The van der Waals surface area contributed by atoms with Gasteiger partial charge in [0.25, 0.3) is 0 Å². The van der Waals surface area contributed by atoms with E-state index in [-0.39, 0.29) is 40.4 Å². The molecule has 0 saturated carbocycles. The standard InChI is InChI=1S/C34H52N2O4/c1-31(2,3)23-17-21(18-24(29(23)39)32(4,5)6)13-15-27(37)35-36-28(38)16-14-22-19-25(33(7,8)9)30(40)26(20-22)34(10,11)12/h17-19,22,39-40H,13-16,20H2,1-12H3/q+2. The Morgan fingerprint density at radius 2 is 1.23 bits per heavy atom. The van der Waals surface area contributed by atoms with Gasteiger partial charge in [-0.15, -0.1) is 0 Å². The molecule has 220 valence electrons. The predicted octanol–water partition coefficient (Wildman–Crippen LogP) is 7.73. The molecule has 1 aliphatic carbocycles. The molecule has 1 unspecified atom stereocenters. The topological polar surface area (TPSA) is 103 Å². The third-order valence-corrected chi connectivity index (χ3v) is 7.54. The quantitative estimate of drug-likeness (QED) is 0.352. The van der Waals surface area contributed by atoms with E-state index in [1.807, 2.05) is 12.1 Å². The molecule has 0 saturated heterocycles. The molecule has 0 bridgehead atoms. The second-order valence-electron chi connectivity index (χ2n) is 15.4. The van der Waals surface area contributed by atoms with Crippen LogP contribution in [0.5, 0.6) is 5.75 Å². The van der Waals surface area contributed by atoms with Gasteiger partial charge >= 0.3 is 22.7 Å². The van der Waals surface area contributed by atoms with E-state index in [2.05, 4.69) is 100 Å². The Kier molecular flexibility index (Phi) is 10.3. The number of aliphatic hydroxyl groups is 1. The Morgan fingerprint density at radius 1 is 0.750 bits per heavy atom. The first-order valence-electron chi connectivity index (χ1n) is 14.5. The van der Waals surface area contributed by atoms with E-state index in [9.17, 15) is 19.8 Å². The number of aliphatic hydroxyl groups excluding tert-OH is 1. The number of benzene rings is 1. The zero-order valence-electron chi connectivity index (χ0n) is 27.0. The van der Waals surface area contributed by atoms with Crippen molar-refractivity contribution in [1.82, 2.24) is 10.9 Å². The van der Waals surface area contributed by atoms with Crippen molar-refractivity contribution in [2.75, 3.05) is 0 Å². The van der Waals surface area contributed by atoms with Crippen LogP contribution in [-0.2, 0) is 26.8 Å². The van der Waals surface area contributed by atoms with E-state index in [0.29, 0.717) is 30.8 Å². The Labute approximate surface area is 242 Å². The molecule has 6 nitrogen and oxygen atoms in total.